The van der Waals surface area contributed by atoms with Gasteiger partial charge in [-0.05, 0) is 30.2 Å². The number of nitrogens with zero attached hydrogens (tertiary/aromatic N) is 1. The molecule has 2 N–H and O–H groups in total. The topological polar surface area (TPSA) is 81.3 Å². The lowest BCUT2D eigenvalue weighted by molar-refractivity contribution is -0.136. The summed E-state index contributed by atoms with van der Waals surface area (Å²) in [5, 5.41) is 26.6. The molecule has 0 saturated heterocycles. The van der Waals surface area contributed by atoms with Crippen LogP contribution in [0, 0.1) is 18.3 Å². The van der Waals surface area contributed by atoms with Crippen molar-refractivity contribution in [2.75, 3.05) is 0 Å². The van der Waals surface area contributed by atoms with Crippen LogP contribution in [0.3, 0.4) is 0 Å². The first-order chi connectivity index (χ1) is 6.54. The van der Waals surface area contributed by atoms with Gasteiger partial charge in [0.05, 0.1) is 18.1 Å². The van der Waals surface area contributed by atoms with Crippen LogP contribution in [-0.4, -0.2) is 16.2 Å². The van der Waals surface area contributed by atoms with Crippen LogP contribution in [0.2, 0.25) is 0 Å². The number of phenols is 1. The van der Waals surface area contributed by atoms with E-state index in [9.17, 15) is 9.90 Å². The maximum absolute atomic E-state index is 10.5. The van der Waals surface area contributed by atoms with Gasteiger partial charge in [0.15, 0.2) is 0 Å². The highest BCUT2D eigenvalue weighted by Crippen LogP contribution is 2.21. The van der Waals surface area contributed by atoms with Crippen molar-refractivity contribution in [3.8, 4) is 11.8 Å². The molecule has 0 atom stereocenters. The van der Waals surface area contributed by atoms with Crippen molar-refractivity contribution in [1.29, 1.82) is 5.26 Å². The van der Waals surface area contributed by atoms with Crippen molar-refractivity contribution in [2.24, 2.45) is 0 Å². The van der Waals surface area contributed by atoms with Crippen LogP contribution in [0.15, 0.2) is 12.1 Å². The van der Waals surface area contributed by atoms with Crippen LogP contribution in [0.4, 0.5) is 0 Å². The predicted molar refractivity (Wildman–Crippen MR) is 48.9 cm³/mol. The summed E-state index contributed by atoms with van der Waals surface area (Å²) >= 11 is 0. The molecule has 1 aromatic rings. The van der Waals surface area contributed by atoms with Crippen LogP contribution in [0.25, 0.3) is 0 Å². The fourth-order valence-electron chi connectivity index (χ4n) is 1.30. The number of rotatable bonds is 2. The van der Waals surface area contributed by atoms with E-state index in [4.69, 9.17) is 10.4 Å². The van der Waals surface area contributed by atoms with E-state index >= 15 is 0 Å². The second-order valence-electron chi connectivity index (χ2n) is 2.98. The van der Waals surface area contributed by atoms with Gasteiger partial charge in [0, 0.05) is 0 Å². The van der Waals surface area contributed by atoms with E-state index in [0.29, 0.717) is 16.7 Å². The van der Waals surface area contributed by atoms with E-state index in [0.717, 1.165) is 0 Å². The Morgan fingerprint density at radius 2 is 2.21 bits per heavy atom. The Labute approximate surface area is 81.0 Å². The van der Waals surface area contributed by atoms with Gasteiger partial charge < -0.3 is 10.2 Å². The molecule has 0 heterocycles. The fraction of sp³-hybridized carbons (Fsp3) is 0.200. The van der Waals surface area contributed by atoms with E-state index in [1.165, 1.54) is 12.1 Å². The lowest BCUT2D eigenvalue weighted by atomic mass is 10.00. The first-order valence-electron chi connectivity index (χ1n) is 3.99. The molecular formula is C10H9NO3. The zero-order valence-electron chi connectivity index (χ0n) is 7.61. The van der Waals surface area contributed by atoms with Crippen molar-refractivity contribution < 1.29 is 15.0 Å². The Morgan fingerprint density at radius 1 is 1.57 bits per heavy atom. The molecule has 0 aliphatic rings. The molecule has 4 heteroatoms. The van der Waals surface area contributed by atoms with Crippen molar-refractivity contribution in [3.05, 3.63) is 28.8 Å². The van der Waals surface area contributed by atoms with Crippen LogP contribution in [0.5, 0.6) is 5.75 Å². The van der Waals surface area contributed by atoms with Crippen LogP contribution >= 0.6 is 0 Å². The Bertz CT molecular complexity index is 418. The third-order valence-electron chi connectivity index (χ3n) is 1.86. The zero-order valence-corrected chi connectivity index (χ0v) is 7.61. The number of benzene rings is 1. The number of carboxylic acids is 1. The first kappa shape index (κ1) is 10.1. The number of aromatic hydroxyl groups is 1. The predicted octanol–water partition coefficient (Wildman–Crippen LogP) is 1.20. The highest BCUT2D eigenvalue weighted by atomic mass is 16.4. The number of phenolic OH excluding ortho intramolecular Hbond substituents is 1. The van der Waals surface area contributed by atoms with Crippen molar-refractivity contribution in [3.63, 3.8) is 0 Å². The minimum Gasteiger partial charge on any atom is -0.508 e. The normalized spacial score (nSPS) is 9.43. The Kier molecular flexibility index (Phi) is 2.73. The van der Waals surface area contributed by atoms with E-state index in [1.807, 2.05) is 6.07 Å². The summed E-state index contributed by atoms with van der Waals surface area (Å²) in [6, 6.07) is 4.66. The molecule has 0 aromatic heterocycles. The molecule has 0 fully saturated rings. The summed E-state index contributed by atoms with van der Waals surface area (Å²) in [5.74, 6) is -1.04. The summed E-state index contributed by atoms with van der Waals surface area (Å²) in [6.45, 7) is 1.66. The number of hydrogen-bond acceptors (Lipinski definition) is 3. The lowest BCUT2D eigenvalue weighted by Gasteiger charge is -2.04. The Hall–Kier alpha value is -2.02. The molecule has 0 unspecified atom stereocenters. The average molecular weight is 191 g/mol. The van der Waals surface area contributed by atoms with Crippen LogP contribution in [-0.2, 0) is 11.2 Å². The van der Waals surface area contributed by atoms with Crippen molar-refractivity contribution in [1.82, 2.24) is 0 Å². The molecule has 0 aliphatic carbocycles. The third-order valence-corrected chi connectivity index (χ3v) is 1.86. The van der Waals surface area contributed by atoms with E-state index in [2.05, 4.69) is 0 Å². The molecular weight excluding hydrogens is 182 g/mol. The highest BCUT2D eigenvalue weighted by Gasteiger charge is 2.10. The van der Waals surface area contributed by atoms with Gasteiger partial charge in [-0.25, -0.2) is 0 Å². The Balaban J connectivity index is 3.26. The summed E-state index contributed by atoms with van der Waals surface area (Å²) < 4.78 is 0. The lowest BCUT2D eigenvalue weighted by Crippen LogP contribution is -2.03. The van der Waals surface area contributed by atoms with Gasteiger partial charge in [0.25, 0.3) is 0 Å². The number of aliphatic carboxylic acids is 1. The number of nitriles is 1. The monoisotopic (exact) mass is 191 g/mol. The molecule has 14 heavy (non-hydrogen) atoms. The number of carbonyl (C=O) groups is 1. The van der Waals surface area contributed by atoms with Crippen molar-refractivity contribution >= 4 is 5.97 Å². The quantitative estimate of drug-likeness (QED) is 0.735. The van der Waals surface area contributed by atoms with Gasteiger partial charge in [-0.15, -0.1) is 0 Å². The first-order valence-corrected chi connectivity index (χ1v) is 3.99. The molecule has 0 saturated carbocycles. The summed E-state index contributed by atoms with van der Waals surface area (Å²) in [5.41, 5.74) is 1.26. The summed E-state index contributed by atoms with van der Waals surface area (Å²) in [4.78, 5) is 10.5. The Morgan fingerprint density at radius 3 is 2.71 bits per heavy atom. The van der Waals surface area contributed by atoms with Crippen LogP contribution < -0.4 is 0 Å². The smallest absolute Gasteiger partial charge is 0.307 e. The molecule has 0 radical (unpaired) electrons. The maximum atomic E-state index is 10.5. The largest absolute Gasteiger partial charge is 0.508 e. The van der Waals surface area contributed by atoms with Gasteiger partial charge in [-0.1, -0.05) is 0 Å². The number of hydrogen-bond donors (Lipinski definition) is 2. The van der Waals surface area contributed by atoms with E-state index < -0.39 is 5.97 Å². The zero-order chi connectivity index (χ0) is 10.7. The number of aryl methyl sites for hydroxylation is 1. The maximum Gasteiger partial charge on any atom is 0.307 e. The molecule has 1 rings (SSSR count). The minimum atomic E-state index is -1.02. The molecule has 72 valence electrons. The van der Waals surface area contributed by atoms with Crippen LogP contribution in [0.1, 0.15) is 16.7 Å². The van der Waals surface area contributed by atoms with Gasteiger partial charge in [-0.2, -0.15) is 5.26 Å². The average Bonchev–Trinajstić information content (AvgIpc) is 2.01. The standard InChI is InChI=1S/C10H9NO3/c1-6-2-8(12)3-7(4-10(13)14)9(6)5-11/h2-3,12H,4H2,1H3,(H,13,14). The second-order valence-corrected chi connectivity index (χ2v) is 2.98. The third kappa shape index (κ3) is 2.02. The molecule has 1 aromatic carbocycles. The minimum absolute atomic E-state index is 0.0160. The summed E-state index contributed by atoms with van der Waals surface area (Å²) in [7, 11) is 0. The van der Waals surface area contributed by atoms with Crippen molar-refractivity contribution in [2.45, 2.75) is 13.3 Å². The van der Waals surface area contributed by atoms with Gasteiger partial charge in [-0.3, -0.25) is 4.79 Å². The van der Waals surface area contributed by atoms with Gasteiger partial charge in [0.2, 0.25) is 0 Å². The second kappa shape index (κ2) is 3.79. The molecule has 4 nitrogen and oxygen atoms in total. The van der Waals surface area contributed by atoms with E-state index in [-0.39, 0.29) is 12.2 Å². The number of carboxylic acid groups (broad SMARTS) is 1. The molecule has 0 aliphatic heterocycles. The summed E-state index contributed by atoms with van der Waals surface area (Å²) in [6.07, 6.45) is -0.252. The molecule has 0 spiro atoms. The van der Waals surface area contributed by atoms with E-state index in [1.54, 1.807) is 6.92 Å². The highest BCUT2D eigenvalue weighted by molar-refractivity contribution is 5.72. The van der Waals surface area contributed by atoms with Gasteiger partial charge >= 0.3 is 5.97 Å². The molecule has 0 bridgehead atoms. The van der Waals surface area contributed by atoms with Gasteiger partial charge in [0.1, 0.15) is 5.75 Å². The molecule has 0 amide bonds. The fourth-order valence-corrected chi connectivity index (χ4v) is 1.30. The SMILES string of the molecule is Cc1cc(O)cc(CC(=O)O)c1C#N.